The Labute approximate surface area is 73.9 Å². The third-order valence-electron chi connectivity index (χ3n) is 1.75. The number of pyridine rings is 1. The predicted octanol–water partition coefficient (Wildman–Crippen LogP) is 2.50. The zero-order valence-corrected chi connectivity index (χ0v) is 7.39. The van der Waals surface area contributed by atoms with Crippen LogP contribution >= 0.6 is 11.3 Å². The Kier molecular flexibility index (Phi) is 1.66. The van der Waals surface area contributed by atoms with Gasteiger partial charge < -0.3 is 0 Å². The molecule has 0 aliphatic rings. The predicted molar refractivity (Wildman–Crippen MR) is 49.6 cm³/mol. The molecule has 2 nitrogen and oxygen atoms in total. The Bertz CT molecular complexity index is 433. The summed E-state index contributed by atoms with van der Waals surface area (Å²) in [5.41, 5.74) is 0.765. The fourth-order valence-electron chi connectivity index (χ4n) is 1.18. The summed E-state index contributed by atoms with van der Waals surface area (Å²) in [5, 5.41) is 2.92. The number of ketones is 1. The molecular weight excluding hydrogens is 170 g/mol. The first-order valence-electron chi connectivity index (χ1n) is 3.62. The van der Waals surface area contributed by atoms with E-state index in [1.165, 1.54) is 0 Å². The van der Waals surface area contributed by atoms with Crippen LogP contribution in [0, 0.1) is 0 Å². The van der Waals surface area contributed by atoms with Crippen molar-refractivity contribution in [2.24, 2.45) is 0 Å². The van der Waals surface area contributed by atoms with Gasteiger partial charge in [0.15, 0.2) is 5.78 Å². The van der Waals surface area contributed by atoms with Gasteiger partial charge in [0.05, 0.1) is 0 Å². The van der Waals surface area contributed by atoms with E-state index in [-0.39, 0.29) is 5.78 Å². The highest BCUT2D eigenvalue weighted by atomic mass is 32.1. The molecule has 0 N–H and O–H groups in total. The summed E-state index contributed by atoms with van der Waals surface area (Å²) >= 11 is 1.56. The lowest BCUT2D eigenvalue weighted by Crippen LogP contribution is -1.92. The Balaban J connectivity index is 2.82. The van der Waals surface area contributed by atoms with Crippen LogP contribution in [0.25, 0.3) is 10.2 Å². The quantitative estimate of drug-likeness (QED) is 0.626. The highest BCUT2D eigenvalue weighted by molar-refractivity contribution is 7.16. The fourth-order valence-corrected chi connectivity index (χ4v) is 1.94. The van der Waals surface area contributed by atoms with Gasteiger partial charge in [-0.25, -0.2) is 4.98 Å². The molecule has 0 bridgehead atoms. The number of hydrogen-bond donors (Lipinski definition) is 0. The lowest BCUT2D eigenvalue weighted by atomic mass is 10.1. The van der Waals surface area contributed by atoms with Gasteiger partial charge in [-0.15, -0.1) is 11.3 Å². The fraction of sp³-hybridized carbons (Fsp3) is 0.111. The average Bonchev–Trinajstić information content (AvgIpc) is 2.49. The van der Waals surface area contributed by atoms with Gasteiger partial charge in [0.25, 0.3) is 0 Å². The van der Waals surface area contributed by atoms with E-state index in [0.717, 1.165) is 15.8 Å². The Morgan fingerprint density at radius 2 is 2.33 bits per heavy atom. The van der Waals surface area contributed by atoms with Crippen LogP contribution in [0.5, 0.6) is 0 Å². The van der Waals surface area contributed by atoms with E-state index in [9.17, 15) is 4.79 Å². The van der Waals surface area contributed by atoms with E-state index in [4.69, 9.17) is 0 Å². The van der Waals surface area contributed by atoms with Crippen LogP contribution in [-0.4, -0.2) is 10.8 Å². The largest absolute Gasteiger partial charge is 0.294 e. The minimum Gasteiger partial charge on any atom is -0.294 e. The summed E-state index contributed by atoms with van der Waals surface area (Å²) in [6, 6.07) is 3.70. The van der Waals surface area contributed by atoms with Crippen molar-refractivity contribution >= 4 is 27.3 Å². The lowest BCUT2D eigenvalue weighted by Gasteiger charge is -1.95. The molecule has 0 unspecified atom stereocenters. The molecule has 0 amide bonds. The highest BCUT2D eigenvalue weighted by Crippen LogP contribution is 2.21. The van der Waals surface area contributed by atoms with Crippen molar-refractivity contribution in [1.82, 2.24) is 4.98 Å². The van der Waals surface area contributed by atoms with Crippen LogP contribution in [-0.2, 0) is 0 Å². The van der Waals surface area contributed by atoms with Crippen LogP contribution in [0.15, 0.2) is 23.7 Å². The van der Waals surface area contributed by atoms with Crippen LogP contribution in [0.3, 0.4) is 0 Å². The monoisotopic (exact) mass is 177 g/mol. The van der Waals surface area contributed by atoms with Gasteiger partial charge in [-0.2, -0.15) is 0 Å². The van der Waals surface area contributed by atoms with Gasteiger partial charge in [0.2, 0.25) is 0 Å². The molecule has 60 valence electrons. The van der Waals surface area contributed by atoms with Gasteiger partial charge in [-0.3, -0.25) is 4.79 Å². The van der Waals surface area contributed by atoms with E-state index < -0.39 is 0 Å². The molecule has 0 saturated heterocycles. The molecule has 0 atom stereocenters. The van der Waals surface area contributed by atoms with Gasteiger partial charge in [0.1, 0.15) is 4.83 Å². The molecular formula is C9H7NOS. The number of carbonyl (C=O) groups excluding carboxylic acids is 1. The van der Waals surface area contributed by atoms with Crippen molar-refractivity contribution in [1.29, 1.82) is 0 Å². The van der Waals surface area contributed by atoms with E-state index in [1.807, 2.05) is 11.4 Å². The van der Waals surface area contributed by atoms with Gasteiger partial charge in [0, 0.05) is 17.1 Å². The molecule has 0 saturated carbocycles. The zero-order chi connectivity index (χ0) is 8.55. The number of rotatable bonds is 1. The summed E-state index contributed by atoms with van der Waals surface area (Å²) in [6.45, 7) is 1.58. The van der Waals surface area contributed by atoms with E-state index in [0.29, 0.717) is 0 Å². The molecule has 2 aromatic rings. The molecule has 2 aromatic heterocycles. The molecule has 0 aliphatic heterocycles. The molecule has 0 radical (unpaired) electrons. The van der Waals surface area contributed by atoms with Crippen LogP contribution < -0.4 is 0 Å². The Morgan fingerprint density at radius 1 is 1.50 bits per heavy atom. The number of aromatic nitrogens is 1. The lowest BCUT2D eigenvalue weighted by molar-refractivity contribution is 0.101. The van der Waals surface area contributed by atoms with E-state index in [1.54, 1.807) is 30.5 Å². The smallest absolute Gasteiger partial charge is 0.160 e. The standard InChI is InChI=1S/C9H7NOS/c1-6(11)7-2-4-10-9-8(7)3-5-12-9/h2-5H,1H3. The van der Waals surface area contributed by atoms with Crippen LogP contribution in [0.2, 0.25) is 0 Å². The van der Waals surface area contributed by atoms with E-state index in [2.05, 4.69) is 4.98 Å². The highest BCUT2D eigenvalue weighted by Gasteiger charge is 2.05. The minimum atomic E-state index is 0.0980. The summed E-state index contributed by atoms with van der Waals surface area (Å²) < 4.78 is 0. The summed E-state index contributed by atoms with van der Waals surface area (Å²) in [7, 11) is 0. The molecule has 3 heteroatoms. The molecule has 0 aliphatic carbocycles. The number of thiophene rings is 1. The SMILES string of the molecule is CC(=O)c1ccnc2sccc12. The maximum atomic E-state index is 11.1. The number of nitrogens with zero attached hydrogens (tertiary/aromatic N) is 1. The Morgan fingerprint density at radius 3 is 3.08 bits per heavy atom. The summed E-state index contributed by atoms with van der Waals surface area (Å²) in [5.74, 6) is 0.0980. The van der Waals surface area contributed by atoms with Crippen LogP contribution in [0.4, 0.5) is 0 Å². The van der Waals surface area contributed by atoms with E-state index >= 15 is 0 Å². The molecule has 12 heavy (non-hydrogen) atoms. The second kappa shape index (κ2) is 2.68. The minimum absolute atomic E-state index is 0.0980. The van der Waals surface area contributed by atoms with Crippen LogP contribution in [0.1, 0.15) is 17.3 Å². The third kappa shape index (κ3) is 1.02. The summed E-state index contributed by atoms with van der Waals surface area (Å²) in [4.78, 5) is 16.2. The normalized spacial score (nSPS) is 10.4. The third-order valence-corrected chi connectivity index (χ3v) is 2.57. The van der Waals surface area contributed by atoms with Gasteiger partial charge in [-0.05, 0) is 24.4 Å². The van der Waals surface area contributed by atoms with Crippen molar-refractivity contribution in [2.45, 2.75) is 6.92 Å². The van der Waals surface area contributed by atoms with Crippen molar-refractivity contribution in [3.05, 3.63) is 29.3 Å². The van der Waals surface area contributed by atoms with Crippen molar-refractivity contribution in [2.75, 3.05) is 0 Å². The number of Topliss-reactive ketones (excluding diaryl/α,β-unsaturated/α-hetero) is 1. The van der Waals surface area contributed by atoms with Gasteiger partial charge in [-0.1, -0.05) is 0 Å². The first-order valence-corrected chi connectivity index (χ1v) is 4.50. The second-order valence-corrected chi connectivity index (χ2v) is 3.45. The topological polar surface area (TPSA) is 30.0 Å². The number of fused-ring (bicyclic) bond motifs is 1. The molecule has 0 spiro atoms. The first-order chi connectivity index (χ1) is 5.79. The zero-order valence-electron chi connectivity index (χ0n) is 6.57. The molecule has 0 fully saturated rings. The Hall–Kier alpha value is -1.22. The van der Waals surface area contributed by atoms with Crippen molar-refractivity contribution in [3.8, 4) is 0 Å². The number of carbonyl (C=O) groups is 1. The second-order valence-electron chi connectivity index (χ2n) is 2.55. The number of hydrogen-bond acceptors (Lipinski definition) is 3. The van der Waals surface area contributed by atoms with Crippen molar-refractivity contribution < 1.29 is 4.79 Å². The molecule has 2 rings (SSSR count). The molecule has 2 heterocycles. The average molecular weight is 177 g/mol. The maximum Gasteiger partial charge on any atom is 0.160 e. The summed E-state index contributed by atoms with van der Waals surface area (Å²) in [6.07, 6.45) is 1.68. The maximum absolute atomic E-state index is 11.1. The first kappa shape index (κ1) is 7.43. The van der Waals surface area contributed by atoms with Crippen molar-refractivity contribution in [3.63, 3.8) is 0 Å². The van der Waals surface area contributed by atoms with Gasteiger partial charge >= 0.3 is 0 Å². The molecule has 0 aromatic carbocycles.